The molecule has 5 heteroatoms. The zero-order chi connectivity index (χ0) is 12.9. The lowest BCUT2D eigenvalue weighted by atomic mass is 10.1. The van der Waals surface area contributed by atoms with Crippen LogP contribution in [0.2, 0.25) is 0 Å². The van der Waals surface area contributed by atoms with Gasteiger partial charge in [0.15, 0.2) is 0 Å². The van der Waals surface area contributed by atoms with Gasteiger partial charge in [-0.2, -0.15) is 5.10 Å². The van der Waals surface area contributed by atoms with Crippen molar-refractivity contribution in [3.63, 3.8) is 0 Å². The van der Waals surface area contributed by atoms with Crippen LogP contribution in [-0.2, 0) is 17.6 Å². The minimum Gasteiger partial charge on any atom is -0.382 e. The topological polar surface area (TPSA) is 59.9 Å². The third kappa shape index (κ3) is 3.93. The molecule has 17 heavy (non-hydrogen) atoms. The van der Waals surface area contributed by atoms with Crippen molar-refractivity contribution in [2.45, 2.75) is 46.1 Å². The molecule has 1 N–H and O–H groups in total. The van der Waals surface area contributed by atoms with E-state index in [-0.39, 0.29) is 5.54 Å². The highest BCUT2D eigenvalue weighted by atomic mass is 16.5. The molecule has 0 aliphatic heterocycles. The normalized spacial score (nSPS) is 11.6. The van der Waals surface area contributed by atoms with Crippen molar-refractivity contribution < 1.29 is 4.74 Å². The van der Waals surface area contributed by atoms with Crippen molar-refractivity contribution in [1.82, 2.24) is 15.2 Å². The number of aryl methyl sites for hydroxylation is 2. The fourth-order valence-electron chi connectivity index (χ4n) is 1.69. The molecule has 0 fully saturated rings. The lowest BCUT2D eigenvalue weighted by Gasteiger charge is -2.25. The number of nitrogens with one attached hydrogen (secondary N) is 1. The van der Waals surface area contributed by atoms with Crippen molar-refractivity contribution in [3.8, 4) is 0 Å². The SMILES string of the molecule is CCc1nnc(NC(C)(C)COC)nc1CC. The zero-order valence-corrected chi connectivity index (χ0v) is 11.4. The molecule has 0 bridgehead atoms. The van der Waals surface area contributed by atoms with Gasteiger partial charge >= 0.3 is 0 Å². The second-order valence-electron chi connectivity index (χ2n) is 4.68. The molecule has 0 aliphatic rings. The van der Waals surface area contributed by atoms with Gasteiger partial charge in [0.25, 0.3) is 0 Å². The van der Waals surface area contributed by atoms with Crippen LogP contribution in [0, 0.1) is 0 Å². The Morgan fingerprint density at radius 3 is 2.29 bits per heavy atom. The number of anilines is 1. The van der Waals surface area contributed by atoms with Crippen molar-refractivity contribution in [2.24, 2.45) is 0 Å². The Kier molecular flexibility index (Phi) is 4.81. The number of nitrogens with zero attached hydrogens (tertiary/aromatic N) is 3. The first kappa shape index (κ1) is 13.8. The first-order chi connectivity index (χ1) is 8.02. The Labute approximate surface area is 103 Å². The van der Waals surface area contributed by atoms with E-state index in [1.54, 1.807) is 7.11 Å². The van der Waals surface area contributed by atoms with E-state index >= 15 is 0 Å². The number of rotatable bonds is 6. The van der Waals surface area contributed by atoms with Crippen molar-refractivity contribution in [2.75, 3.05) is 19.0 Å². The van der Waals surface area contributed by atoms with Crippen LogP contribution in [0.25, 0.3) is 0 Å². The van der Waals surface area contributed by atoms with Gasteiger partial charge in [0.2, 0.25) is 5.95 Å². The van der Waals surface area contributed by atoms with E-state index in [1.165, 1.54) is 0 Å². The maximum Gasteiger partial charge on any atom is 0.243 e. The van der Waals surface area contributed by atoms with E-state index in [9.17, 15) is 0 Å². The van der Waals surface area contributed by atoms with E-state index in [4.69, 9.17) is 4.74 Å². The molecule has 0 atom stereocenters. The summed E-state index contributed by atoms with van der Waals surface area (Å²) in [4.78, 5) is 4.49. The summed E-state index contributed by atoms with van der Waals surface area (Å²) in [5.41, 5.74) is 1.79. The van der Waals surface area contributed by atoms with Crippen molar-refractivity contribution in [1.29, 1.82) is 0 Å². The monoisotopic (exact) mass is 238 g/mol. The van der Waals surface area contributed by atoms with Gasteiger partial charge in [-0.05, 0) is 26.7 Å². The Morgan fingerprint density at radius 1 is 1.12 bits per heavy atom. The molecule has 0 saturated carbocycles. The summed E-state index contributed by atoms with van der Waals surface area (Å²) in [7, 11) is 1.68. The molecule has 0 amide bonds. The van der Waals surface area contributed by atoms with Crippen LogP contribution in [0.5, 0.6) is 0 Å². The average molecular weight is 238 g/mol. The number of aromatic nitrogens is 3. The summed E-state index contributed by atoms with van der Waals surface area (Å²) in [6.07, 6.45) is 1.74. The van der Waals surface area contributed by atoms with Crippen molar-refractivity contribution >= 4 is 5.95 Å². The second-order valence-corrected chi connectivity index (χ2v) is 4.68. The summed E-state index contributed by atoms with van der Waals surface area (Å²) in [6, 6.07) is 0. The standard InChI is InChI=1S/C12H22N4O/c1-6-9-10(7-2)15-16-11(13-9)14-12(3,4)8-17-5/h6-8H2,1-5H3,(H,13,14,16). The zero-order valence-electron chi connectivity index (χ0n) is 11.4. The van der Waals surface area contributed by atoms with Crippen LogP contribution in [0.15, 0.2) is 0 Å². The van der Waals surface area contributed by atoms with Gasteiger partial charge in [0, 0.05) is 7.11 Å². The summed E-state index contributed by atoms with van der Waals surface area (Å²) >= 11 is 0. The average Bonchev–Trinajstić information content (AvgIpc) is 2.28. The number of ether oxygens (including phenoxy) is 1. The van der Waals surface area contributed by atoms with E-state index in [0.717, 1.165) is 24.2 Å². The van der Waals surface area contributed by atoms with Gasteiger partial charge in [-0.15, -0.1) is 5.10 Å². The molecule has 0 radical (unpaired) electrons. The van der Waals surface area contributed by atoms with Gasteiger partial charge in [-0.1, -0.05) is 13.8 Å². The highest BCUT2D eigenvalue weighted by molar-refractivity contribution is 5.29. The van der Waals surface area contributed by atoms with E-state index in [2.05, 4.69) is 34.3 Å². The Bertz CT molecular complexity index is 366. The van der Waals surface area contributed by atoms with Gasteiger partial charge in [0.1, 0.15) is 0 Å². The van der Waals surface area contributed by atoms with Gasteiger partial charge in [0.05, 0.1) is 23.5 Å². The summed E-state index contributed by atoms with van der Waals surface area (Å²) in [5, 5.41) is 11.5. The summed E-state index contributed by atoms with van der Waals surface area (Å²) < 4.78 is 5.14. The third-order valence-electron chi connectivity index (χ3n) is 2.46. The second kappa shape index (κ2) is 5.91. The predicted octanol–water partition coefficient (Wildman–Crippen LogP) is 1.83. The lowest BCUT2D eigenvalue weighted by Crippen LogP contribution is -2.37. The Hall–Kier alpha value is -1.23. The van der Waals surface area contributed by atoms with Crippen LogP contribution < -0.4 is 5.32 Å². The third-order valence-corrected chi connectivity index (χ3v) is 2.46. The minimum atomic E-state index is -0.199. The fraction of sp³-hybridized carbons (Fsp3) is 0.750. The Balaban J connectivity index is 2.85. The molecule has 0 unspecified atom stereocenters. The maximum absolute atomic E-state index is 5.14. The molecular weight excluding hydrogens is 216 g/mol. The Morgan fingerprint density at radius 2 is 1.76 bits per heavy atom. The fourth-order valence-corrected chi connectivity index (χ4v) is 1.69. The summed E-state index contributed by atoms with van der Waals surface area (Å²) in [5.74, 6) is 0.570. The van der Waals surface area contributed by atoms with Crippen LogP contribution in [0.3, 0.4) is 0 Å². The molecule has 1 rings (SSSR count). The molecule has 0 saturated heterocycles. The molecule has 1 aromatic heterocycles. The molecule has 0 spiro atoms. The van der Waals surface area contributed by atoms with Crippen molar-refractivity contribution in [3.05, 3.63) is 11.4 Å². The van der Waals surface area contributed by atoms with Crippen LogP contribution in [-0.4, -0.2) is 34.4 Å². The number of methoxy groups -OCH3 is 1. The van der Waals surface area contributed by atoms with Crippen LogP contribution in [0.1, 0.15) is 39.1 Å². The first-order valence-corrected chi connectivity index (χ1v) is 6.02. The first-order valence-electron chi connectivity index (χ1n) is 6.02. The van der Waals surface area contributed by atoms with E-state index in [1.807, 2.05) is 13.8 Å². The highest BCUT2D eigenvalue weighted by Gasteiger charge is 2.19. The molecular formula is C12H22N4O. The molecule has 96 valence electrons. The predicted molar refractivity (Wildman–Crippen MR) is 68.2 cm³/mol. The largest absolute Gasteiger partial charge is 0.382 e. The molecule has 1 heterocycles. The van der Waals surface area contributed by atoms with Gasteiger partial charge in [-0.25, -0.2) is 4.98 Å². The molecule has 0 aliphatic carbocycles. The number of hydrogen-bond donors (Lipinski definition) is 1. The molecule has 5 nitrogen and oxygen atoms in total. The summed E-state index contributed by atoms with van der Waals surface area (Å²) in [6.45, 7) is 8.81. The highest BCUT2D eigenvalue weighted by Crippen LogP contribution is 2.12. The lowest BCUT2D eigenvalue weighted by molar-refractivity contribution is 0.157. The van der Waals surface area contributed by atoms with Crippen LogP contribution in [0.4, 0.5) is 5.95 Å². The smallest absolute Gasteiger partial charge is 0.243 e. The molecule has 1 aromatic rings. The van der Waals surface area contributed by atoms with E-state index < -0.39 is 0 Å². The number of hydrogen-bond acceptors (Lipinski definition) is 5. The quantitative estimate of drug-likeness (QED) is 0.819. The van der Waals surface area contributed by atoms with Gasteiger partial charge < -0.3 is 10.1 Å². The molecule has 0 aromatic carbocycles. The van der Waals surface area contributed by atoms with Crippen LogP contribution >= 0.6 is 0 Å². The minimum absolute atomic E-state index is 0.199. The van der Waals surface area contributed by atoms with E-state index in [0.29, 0.717) is 12.6 Å². The van der Waals surface area contributed by atoms with Gasteiger partial charge in [-0.3, -0.25) is 0 Å². The maximum atomic E-state index is 5.14.